The van der Waals surface area contributed by atoms with E-state index in [0.717, 1.165) is 69.1 Å². The number of aromatic nitrogens is 2. The molecule has 0 aliphatic heterocycles. The minimum Gasteiger partial charge on any atom is -0.502 e. The maximum atomic E-state index is 11.9. The SMILES string of the molecule is COc1ccc2[nH]cc(CCNC(=O)c3cc(=O)c(O)co3)c2c1.COc1ccc2[nH]cc(CCO)c2c1.O=COc1cc(=O)c(O)co1. The number of carbonyl (C=O) groups excluding carboxylic acids is 2. The quantitative estimate of drug-likeness (QED) is 0.115. The van der Waals surface area contributed by atoms with Crippen molar-refractivity contribution in [2.45, 2.75) is 12.8 Å². The molecular formula is C34H33N3O12. The van der Waals surface area contributed by atoms with Gasteiger partial charge >= 0.3 is 6.47 Å². The zero-order valence-electron chi connectivity index (χ0n) is 26.3. The first-order chi connectivity index (χ1) is 23.7. The van der Waals surface area contributed by atoms with Crippen LogP contribution in [-0.4, -0.2) is 65.0 Å². The van der Waals surface area contributed by atoms with Crippen LogP contribution in [0.25, 0.3) is 21.8 Å². The van der Waals surface area contributed by atoms with Crippen LogP contribution in [0.4, 0.5) is 0 Å². The molecule has 256 valence electrons. The van der Waals surface area contributed by atoms with Gasteiger partial charge in [-0.25, -0.2) is 0 Å². The van der Waals surface area contributed by atoms with Crippen LogP contribution in [0.2, 0.25) is 0 Å². The van der Waals surface area contributed by atoms with E-state index in [2.05, 4.69) is 24.4 Å². The molecule has 0 spiro atoms. The van der Waals surface area contributed by atoms with Crippen molar-refractivity contribution in [3.8, 4) is 28.9 Å². The van der Waals surface area contributed by atoms with Gasteiger partial charge in [0.1, 0.15) is 24.0 Å². The lowest BCUT2D eigenvalue weighted by Gasteiger charge is -2.05. The summed E-state index contributed by atoms with van der Waals surface area (Å²) in [4.78, 5) is 49.9. The zero-order valence-corrected chi connectivity index (χ0v) is 26.3. The maximum absolute atomic E-state index is 11.9. The summed E-state index contributed by atoms with van der Waals surface area (Å²) in [5.41, 5.74) is 2.91. The van der Waals surface area contributed by atoms with Gasteiger partial charge in [0.15, 0.2) is 17.3 Å². The summed E-state index contributed by atoms with van der Waals surface area (Å²) >= 11 is 0. The third-order valence-corrected chi connectivity index (χ3v) is 7.00. The van der Waals surface area contributed by atoms with Crippen molar-refractivity contribution in [2.75, 3.05) is 27.4 Å². The fourth-order valence-corrected chi connectivity index (χ4v) is 4.52. The van der Waals surface area contributed by atoms with Crippen LogP contribution in [0.3, 0.4) is 0 Å². The highest BCUT2D eigenvalue weighted by Crippen LogP contribution is 2.25. The Hall–Kier alpha value is -6.48. The van der Waals surface area contributed by atoms with Gasteiger partial charge in [0.05, 0.1) is 20.3 Å². The number of aromatic hydroxyl groups is 2. The van der Waals surface area contributed by atoms with Gasteiger partial charge < -0.3 is 53.6 Å². The number of carbonyl (C=O) groups is 2. The number of hydrogen-bond donors (Lipinski definition) is 6. The van der Waals surface area contributed by atoms with Crippen molar-refractivity contribution < 1.29 is 48.0 Å². The van der Waals surface area contributed by atoms with Crippen molar-refractivity contribution in [3.63, 3.8) is 0 Å². The van der Waals surface area contributed by atoms with E-state index in [1.54, 1.807) is 14.2 Å². The molecule has 0 saturated heterocycles. The molecule has 15 nitrogen and oxygen atoms in total. The first kappa shape index (κ1) is 35.4. The lowest BCUT2D eigenvalue weighted by molar-refractivity contribution is -0.121. The van der Waals surface area contributed by atoms with Gasteiger partial charge in [-0.15, -0.1) is 0 Å². The molecule has 6 aromatic rings. The number of amides is 1. The van der Waals surface area contributed by atoms with Crippen molar-refractivity contribution in [1.29, 1.82) is 0 Å². The van der Waals surface area contributed by atoms with Crippen LogP contribution in [0.15, 0.2) is 91.9 Å². The summed E-state index contributed by atoms with van der Waals surface area (Å²) in [6.45, 7) is 0.660. The average molecular weight is 676 g/mol. The maximum Gasteiger partial charge on any atom is 0.300 e. The summed E-state index contributed by atoms with van der Waals surface area (Å²) in [5.74, 6) is -0.345. The summed E-state index contributed by atoms with van der Waals surface area (Å²) in [6.07, 6.45) is 6.73. The number of hydrogen-bond acceptors (Lipinski definition) is 12. The standard InChI is InChI=1S/C17H16N2O5.C11H13NO2.C6H4O5/c1-23-11-2-3-13-12(6-11)10(8-19-13)4-5-18-17(22)16-7-14(20)15(21)9-24-16;1-14-9-2-3-11-10(6-9)8(4-5-13)7-12-11;7-3-11-6-1-4(8)5(9)2-10-6/h2-3,6-9,19,21H,4-5H2,1H3,(H,18,22);2-3,6-7,12-13H,4-5H2,1H3;1-3,9H. The molecule has 6 rings (SSSR count). The number of methoxy groups -OCH3 is 2. The Balaban J connectivity index is 0.000000183. The summed E-state index contributed by atoms with van der Waals surface area (Å²) in [5, 5.41) is 31.5. The van der Waals surface area contributed by atoms with Crippen LogP contribution >= 0.6 is 0 Å². The molecule has 0 aliphatic carbocycles. The first-order valence-electron chi connectivity index (χ1n) is 14.6. The molecule has 1 amide bonds. The van der Waals surface area contributed by atoms with Gasteiger partial charge in [0.2, 0.25) is 10.9 Å². The number of nitrogens with one attached hydrogen (secondary N) is 3. The molecule has 0 atom stereocenters. The van der Waals surface area contributed by atoms with Crippen LogP contribution < -0.4 is 30.4 Å². The molecule has 15 heteroatoms. The van der Waals surface area contributed by atoms with Crippen LogP contribution in [0, 0.1) is 0 Å². The fourth-order valence-electron chi connectivity index (χ4n) is 4.52. The second-order valence-electron chi connectivity index (χ2n) is 10.1. The minimum absolute atomic E-state index is 0.120. The van der Waals surface area contributed by atoms with Crippen LogP contribution in [0.1, 0.15) is 21.7 Å². The molecule has 0 bridgehead atoms. The predicted molar refractivity (Wildman–Crippen MR) is 177 cm³/mol. The third-order valence-electron chi connectivity index (χ3n) is 7.00. The second-order valence-corrected chi connectivity index (χ2v) is 10.1. The highest BCUT2D eigenvalue weighted by Gasteiger charge is 2.12. The lowest BCUT2D eigenvalue weighted by Crippen LogP contribution is -2.26. The number of ether oxygens (including phenoxy) is 3. The van der Waals surface area contributed by atoms with Crippen LogP contribution in [-0.2, 0) is 17.6 Å². The molecule has 0 radical (unpaired) electrons. The van der Waals surface area contributed by atoms with Crippen molar-refractivity contribution in [3.05, 3.63) is 111 Å². The average Bonchev–Trinajstić information content (AvgIpc) is 3.71. The van der Waals surface area contributed by atoms with Gasteiger partial charge in [-0.1, -0.05) is 0 Å². The zero-order chi connectivity index (χ0) is 35.3. The Labute approximate surface area is 277 Å². The fraction of sp³-hybridized carbons (Fsp3) is 0.176. The van der Waals surface area contributed by atoms with Gasteiger partial charge in [0, 0.05) is 53.4 Å². The van der Waals surface area contributed by atoms with Crippen molar-refractivity contribution in [1.82, 2.24) is 15.3 Å². The highest BCUT2D eigenvalue weighted by molar-refractivity contribution is 5.91. The molecule has 0 aliphatic rings. The van der Waals surface area contributed by atoms with E-state index in [0.29, 0.717) is 19.4 Å². The Bertz CT molecular complexity index is 2140. The molecular weight excluding hydrogens is 642 g/mol. The minimum atomic E-state index is -0.659. The topological polar surface area (TPSA) is 227 Å². The molecule has 4 heterocycles. The Morgan fingerprint density at radius 3 is 1.88 bits per heavy atom. The summed E-state index contributed by atoms with van der Waals surface area (Å²) in [7, 11) is 3.26. The van der Waals surface area contributed by atoms with Gasteiger partial charge in [-0.05, 0) is 60.4 Å². The molecule has 0 unspecified atom stereocenters. The molecule has 4 aromatic heterocycles. The van der Waals surface area contributed by atoms with E-state index in [-0.39, 0.29) is 24.8 Å². The van der Waals surface area contributed by atoms with Crippen molar-refractivity contribution in [2.24, 2.45) is 0 Å². The second kappa shape index (κ2) is 16.9. The van der Waals surface area contributed by atoms with E-state index in [1.165, 1.54) is 0 Å². The molecule has 2 aromatic carbocycles. The van der Waals surface area contributed by atoms with E-state index in [4.69, 9.17) is 29.2 Å². The monoisotopic (exact) mass is 675 g/mol. The van der Waals surface area contributed by atoms with Crippen LogP contribution in [0.5, 0.6) is 28.9 Å². The smallest absolute Gasteiger partial charge is 0.300 e. The van der Waals surface area contributed by atoms with E-state index in [1.807, 2.05) is 48.8 Å². The largest absolute Gasteiger partial charge is 0.502 e. The third kappa shape index (κ3) is 9.30. The number of H-pyrrole nitrogens is 2. The summed E-state index contributed by atoms with van der Waals surface area (Å²) < 4.78 is 23.9. The Kier molecular flexibility index (Phi) is 12.2. The predicted octanol–water partition coefficient (Wildman–Crippen LogP) is 3.40. The molecule has 49 heavy (non-hydrogen) atoms. The highest BCUT2D eigenvalue weighted by atomic mass is 16.6. The molecule has 0 fully saturated rings. The van der Waals surface area contributed by atoms with E-state index >= 15 is 0 Å². The number of aliphatic hydroxyl groups excluding tert-OH is 1. The normalized spacial score (nSPS) is 10.3. The van der Waals surface area contributed by atoms with E-state index < -0.39 is 28.3 Å². The van der Waals surface area contributed by atoms with Crippen molar-refractivity contribution >= 4 is 34.2 Å². The van der Waals surface area contributed by atoms with Gasteiger partial charge in [-0.3, -0.25) is 19.2 Å². The Morgan fingerprint density at radius 1 is 0.816 bits per heavy atom. The first-order valence-corrected chi connectivity index (χ1v) is 14.6. The number of rotatable bonds is 10. The number of fused-ring (bicyclic) bond motifs is 2. The number of aliphatic hydroxyl groups is 1. The lowest BCUT2D eigenvalue weighted by atomic mass is 10.1. The number of aromatic amines is 2. The number of benzene rings is 2. The van der Waals surface area contributed by atoms with Gasteiger partial charge in [-0.2, -0.15) is 0 Å². The van der Waals surface area contributed by atoms with Gasteiger partial charge in [0.25, 0.3) is 11.9 Å². The molecule has 0 saturated carbocycles. The summed E-state index contributed by atoms with van der Waals surface area (Å²) in [6, 6.07) is 13.4. The molecule has 6 N–H and O–H groups in total. The van der Waals surface area contributed by atoms with E-state index in [9.17, 15) is 19.2 Å². The Morgan fingerprint density at radius 2 is 1.37 bits per heavy atom.